The molecule has 3 rings (SSSR count). The molecule has 0 saturated carbocycles. The van der Waals surface area contributed by atoms with Gasteiger partial charge in [-0.25, -0.2) is 4.79 Å². The molecule has 0 saturated heterocycles. The topological polar surface area (TPSA) is 68.6 Å². The molecule has 1 aromatic heterocycles. The zero-order chi connectivity index (χ0) is 19.2. The van der Waals surface area contributed by atoms with E-state index in [9.17, 15) is 14.4 Å². The lowest BCUT2D eigenvalue weighted by Gasteiger charge is -2.17. The summed E-state index contributed by atoms with van der Waals surface area (Å²) in [4.78, 5) is 40.0. The molecule has 0 aliphatic heterocycles. The van der Waals surface area contributed by atoms with Crippen LogP contribution in [0.3, 0.4) is 0 Å². The number of carbonyl (C=O) groups excluding carboxylic acids is 3. The summed E-state index contributed by atoms with van der Waals surface area (Å²) in [6.45, 7) is 2.39. The summed E-state index contributed by atoms with van der Waals surface area (Å²) in [7, 11) is 5.45. The predicted octanol–water partition coefficient (Wildman–Crippen LogP) is 3.49. The largest absolute Gasteiger partial charge is 0.462 e. The minimum atomic E-state index is -0.604. The number of hydrogen-bond acceptors (Lipinski definition) is 5. The van der Waals surface area contributed by atoms with Gasteiger partial charge in [-0.15, -0.1) is 12.4 Å². The van der Waals surface area contributed by atoms with Gasteiger partial charge in [0.1, 0.15) is 5.69 Å². The van der Waals surface area contributed by atoms with Crippen molar-refractivity contribution in [3.05, 3.63) is 45.2 Å². The van der Waals surface area contributed by atoms with E-state index in [1.165, 1.54) is 0 Å². The van der Waals surface area contributed by atoms with Crippen molar-refractivity contribution in [1.82, 2.24) is 9.47 Å². The van der Waals surface area contributed by atoms with Crippen LogP contribution in [0.1, 0.15) is 43.8 Å². The SMILES string of the molecule is CCOC(=O)c1c2c(n(C)c1CN(C)C)C(=O)C(=O)c1ccc(Br)cc1-2.Cl. The Morgan fingerprint density at radius 2 is 1.85 bits per heavy atom. The van der Waals surface area contributed by atoms with Crippen molar-refractivity contribution < 1.29 is 19.1 Å². The van der Waals surface area contributed by atoms with Crippen LogP contribution >= 0.6 is 28.3 Å². The molecule has 0 atom stereocenters. The average Bonchev–Trinajstić information content (AvgIpc) is 2.85. The third-order valence-electron chi connectivity index (χ3n) is 4.38. The number of rotatable bonds is 4. The third kappa shape index (κ3) is 3.47. The first-order valence-electron chi connectivity index (χ1n) is 8.20. The fraction of sp³-hybridized carbons (Fsp3) is 0.316. The molecule has 6 nitrogen and oxygen atoms in total. The number of Topliss-reactive ketones (excluding diaryl/α,β-unsaturated/α-hetero) is 2. The van der Waals surface area contributed by atoms with Crippen LogP contribution in [0.4, 0.5) is 0 Å². The fourth-order valence-electron chi connectivity index (χ4n) is 3.32. The second kappa shape index (κ2) is 7.96. The van der Waals surface area contributed by atoms with Crippen LogP contribution in [0.5, 0.6) is 0 Å². The van der Waals surface area contributed by atoms with Crippen molar-refractivity contribution in [2.75, 3.05) is 20.7 Å². The maximum Gasteiger partial charge on any atom is 0.340 e. The molecule has 144 valence electrons. The number of benzene rings is 1. The quantitative estimate of drug-likeness (QED) is 0.521. The molecule has 2 aromatic rings. The number of halogens is 2. The van der Waals surface area contributed by atoms with Gasteiger partial charge in [0.15, 0.2) is 0 Å². The fourth-order valence-corrected chi connectivity index (χ4v) is 3.68. The standard InChI is InChI=1S/C19H19BrN2O4.ClH/c1-5-26-19(25)15-13(9-21(2)3)22(4)16-14(15)12-8-10(20)6-7-11(12)17(23)18(16)24;/h6-8H,5,9H2,1-4H3;1H. The number of carbonyl (C=O) groups is 3. The summed E-state index contributed by atoms with van der Waals surface area (Å²) >= 11 is 3.41. The van der Waals surface area contributed by atoms with E-state index in [0.717, 1.165) is 4.47 Å². The highest BCUT2D eigenvalue weighted by atomic mass is 79.9. The van der Waals surface area contributed by atoms with Gasteiger partial charge < -0.3 is 14.2 Å². The molecule has 8 heteroatoms. The van der Waals surface area contributed by atoms with Gasteiger partial charge >= 0.3 is 5.97 Å². The summed E-state index contributed by atoms with van der Waals surface area (Å²) in [5, 5.41) is 0. The molecule has 1 aliphatic rings. The summed E-state index contributed by atoms with van der Waals surface area (Å²) in [5.41, 5.74) is 2.58. The molecule has 0 unspecified atom stereocenters. The highest BCUT2D eigenvalue weighted by Crippen LogP contribution is 2.41. The van der Waals surface area contributed by atoms with Gasteiger partial charge in [0.25, 0.3) is 5.78 Å². The Balaban J connectivity index is 0.00000261. The Hall–Kier alpha value is -1.96. The molecule has 0 N–H and O–H groups in total. The lowest BCUT2D eigenvalue weighted by Crippen LogP contribution is -2.24. The monoisotopic (exact) mass is 454 g/mol. The summed E-state index contributed by atoms with van der Waals surface area (Å²) in [6.07, 6.45) is 0. The Kier molecular flexibility index (Phi) is 6.29. The molecule has 0 fully saturated rings. The summed E-state index contributed by atoms with van der Waals surface area (Å²) in [6, 6.07) is 5.08. The molecule has 0 bridgehead atoms. The predicted molar refractivity (Wildman–Crippen MR) is 108 cm³/mol. The maximum absolute atomic E-state index is 12.8. The van der Waals surface area contributed by atoms with E-state index in [-0.39, 0.29) is 24.7 Å². The molecule has 1 heterocycles. The number of fused-ring (bicyclic) bond motifs is 3. The lowest BCUT2D eigenvalue weighted by molar-refractivity contribution is 0.0525. The van der Waals surface area contributed by atoms with E-state index in [4.69, 9.17) is 4.74 Å². The molecule has 27 heavy (non-hydrogen) atoms. The Morgan fingerprint density at radius 1 is 1.19 bits per heavy atom. The summed E-state index contributed by atoms with van der Waals surface area (Å²) < 4.78 is 7.66. The van der Waals surface area contributed by atoms with Crippen LogP contribution in [0.25, 0.3) is 11.1 Å². The number of hydrogen-bond donors (Lipinski definition) is 0. The van der Waals surface area contributed by atoms with Gasteiger partial charge in [0.2, 0.25) is 5.78 Å². The van der Waals surface area contributed by atoms with Gasteiger partial charge in [-0.05, 0) is 44.8 Å². The van der Waals surface area contributed by atoms with Gasteiger partial charge in [-0.1, -0.05) is 15.9 Å². The summed E-state index contributed by atoms with van der Waals surface area (Å²) in [5.74, 6) is -1.66. The Morgan fingerprint density at radius 3 is 2.44 bits per heavy atom. The van der Waals surface area contributed by atoms with Crippen molar-refractivity contribution >= 4 is 45.9 Å². The number of nitrogens with zero attached hydrogens (tertiary/aromatic N) is 2. The smallest absolute Gasteiger partial charge is 0.340 e. The molecule has 0 radical (unpaired) electrons. The second-order valence-electron chi connectivity index (χ2n) is 6.41. The molecule has 0 spiro atoms. The zero-order valence-corrected chi connectivity index (χ0v) is 17.9. The zero-order valence-electron chi connectivity index (χ0n) is 15.5. The van der Waals surface area contributed by atoms with E-state index < -0.39 is 17.5 Å². The van der Waals surface area contributed by atoms with E-state index in [2.05, 4.69) is 15.9 Å². The van der Waals surface area contributed by atoms with E-state index in [0.29, 0.717) is 34.5 Å². The molecule has 1 aliphatic carbocycles. The minimum absolute atomic E-state index is 0. The van der Waals surface area contributed by atoms with Crippen LogP contribution in [-0.2, 0) is 18.3 Å². The van der Waals surface area contributed by atoms with Crippen LogP contribution in [0.2, 0.25) is 0 Å². The third-order valence-corrected chi connectivity index (χ3v) is 4.87. The number of esters is 1. The van der Waals surface area contributed by atoms with E-state index >= 15 is 0 Å². The minimum Gasteiger partial charge on any atom is -0.462 e. The lowest BCUT2D eigenvalue weighted by atomic mass is 9.85. The first kappa shape index (κ1) is 21.3. The van der Waals surface area contributed by atoms with Crippen LogP contribution in [-0.4, -0.2) is 47.7 Å². The molecular formula is C19H20BrClN2O4. The van der Waals surface area contributed by atoms with E-state index in [1.54, 1.807) is 36.7 Å². The molecule has 1 aromatic carbocycles. The first-order chi connectivity index (χ1) is 12.3. The molecular weight excluding hydrogens is 436 g/mol. The number of aromatic nitrogens is 1. The first-order valence-corrected chi connectivity index (χ1v) is 8.99. The van der Waals surface area contributed by atoms with Crippen molar-refractivity contribution in [3.8, 4) is 11.1 Å². The number of ether oxygens (including phenoxy) is 1. The van der Waals surface area contributed by atoms with Gasteiger partial charge in [0.05, 0.1) is 12.2 Å². The van der Waals surface area contributed by atoms with Gasteiger partial charge in [-0.3, -0.25) is 9.59 Å². The van der Waals surface area contributed by atoms with Crippen LogP contribution < -0.4 is 0 Å². The van der Waals surface area contributed by atoms with Crippen LogP contribution in [0.15, 0.2) is 22.7 Å². The van der Waals surface area contributed by atoms with Gasteiger partial charge in [-0.2, -0.15) is 0 Å². The van der Waals surface area contributed by atoms with Gasteiger partial charge in [0, 0.05) is 34.9 Å². The van der Waals surface area contributed by atoms with Crippen molar-refractivity contribution in [3.63, 3.8) is 0 Å². The highest BCUT2D eigenvalue weighted by Gasteiger charge is 2.39. The average molecular weight is 456 g/mol. The van der Waals surface area contributed by atoms with Crippen molar-refractivity contribution in [1.29, 1.82) is 0 Å². The Labute approximate surface area is 172 Å². The van der Waals surface area contributed by atoms with Crippen molar-refractivity contribution in [2.24, 2.45) is 7.05 Å². The van der Waals surface area contributed by atoms with Crippen LogP contribution in [0, 0.1) is 0 Å². The Bertz CT molecular complexity index is 950. The number of ketones is 2. The normalized spacial score (nSPS) is 12.5. The van der Waals surface area contributed by atoms with Crippen molar-refractivity contribution in [2.45, 2.75) is 13.5 Å². The highest BCUT2D eigenvalue weighted by molar-refractivity contribution is 9.10. The second-order valence-corrected chi connectivity index (χ2v) is 7.33. The molecule has 0 amide bonds. The van der Waals surface area contributed by atoms with E-state index in [1.807, 2.05) is 19.0 Å². The maximum atomic E-state index is 12.8.